The number of rotatable bonds is 5. The summed E-state index contributed by atoms with van der Waals surface area (Å²) in [5.74, 6) is -1.16. The molecule has 0 aliphatic rings. The van der Waals surface area contributed by atoms with Gasteiger partial charge in [-0.1, -0.05) is 11.3 Å². The summed E-state index contributed by atoms with van der Waals surface area (Å²) in [6, 6.07) is 0. The van der Waals surface area contributed by atoms with Crippen LogP contribution in [0.4, 0.5) is 5.13 Å². The molecular formula is C12H15N3O4S. The quantitative estimate of drug-likeness (QED) is 0.389. The molecule has 0 amide bonds. The van der Waals surface area contributed by atoms with Gasteiger partial charge >= 0.3 is 5.97 Å². The highest BCUT2D eigenvalue weighted by Gasteiger charge is 2.16. The third-order valence-corrected chi connectivity index (χ3v) is 3.02. The van der Waals surface area contributed by atoms with Crippen LogP contribution in [-0.4, -0.2) is 28.4 Å². The van der Waals surface area contributed by atoms with Gasteiger partial charge in [-0.2, -0.15) is 0 Å². The second-order valence-corrected chi connectivity index (χ2v) is 4.99. The number of carbonyl (C=O) groups is 2. The zero-order valence-corrected chi connectivity index (χ0v) is 12.4. The molecule has 8 heteroatoms. The first-order valence-corrected chi connectivity index (χ1v) is 6.65. The molecule has 0 saturated heterocycles. The van der Waals surface area contributed by atoms with Crippen LogP contribution in [0.25, 0.3) is 0 Å². The minimum absolute atomic E-state index is 0.143. The predicted octanol–water partition coefficient (Wildman–Crippen LogP) is 3.09. The van der Waals surface area contributed by atoms with Crippen LogP contribution in [0.3, 0.4) is 0 Å². The third-order valence-electron chi connectivity index (χ3n) is 2.17. The molecule has 0 radical (unpaired) electrons. The van der Waals surface area contributed by atoms with Crippen molar-refractivity contribution < 1.29 is 19.4 Å². The molecule has 0 atom stereocenters. The average Bonchev–Trinajstić information content (AvgIpc) is 2.70. The van der Waals surface area contributed by atoms with Crippen LogP contribution < -0.4 is 0 Å². The molecule has 0 aliphatic carbocycles. The van der Waals surface area contributed by atoms with E-state index in [9.17, 15) is 14.7 Å². The Morgan fingerprint density at radius 1 is 1.40 bits per heavy atom. The highest BCUT2D eigenvalue weighted by molar-refractivity contribution is 7.15. The summed E-state index contributed by atoms with van der Waals surface area (Å²) in [4.78, 5) is 27.4. The van der Waals surface area contributed by atoms with Crippen molar-refractivity contribution in [3.8, 4) is 0 Å². The van der Waals surface area contributed by atoms with Crippen molar-refractivity contribution in [2.24, 2.45) is 10.2 Å². The van der Waals surface area contributed by atoms with Gasteiger partial charge in [0, 0.05) is 11.8 Å². The molecule has 0 aliphatic heterocycles. The lowest BCUT2D eigenvalue weighted by molar-refractivity contribution is -0.113. The van der Waals surface area contributed by atoms with Gasteiger partial charge in [-0.3, -0.25) is 4.79 Å². The van der Waals surface area contributed by atoms with Crippen LogP contribution in [0.2, 0.25) is 0 Å². The van der Waals surface area contributed by atoms with Crippen molar-refractivity contribution in [3.63, 3.8) is 0 Å². The Morgan fingerprint density at radius 2 is 2.05 bits per heavy atom. The molecule has 1 aromatic heterocycles. The second kappa shape index (κ2) is 6.90. The van der Waals surface area contributed by atoms with Crippen molar-refractivity contribution in [2.75, 3.05) is 6.61 Å². The normalized spacial score (nSPS) is 12.4. The van der Waals surface area contributed by atoms with Gasteiger partial charge in [-0.05, 0) is 20.8 Å². The highest BCUT2D eigenvalue weighted by Crippen LogP contribution is 2.26. The van der Waals surface area contributed by atoms with Crippen LogP contribution >= 0.6 is 11.3 Å². The zero-order valence-electron chi connectivity index (χ0n) is 11.6. The fourth-order valence-electron chi connectivity index (χ4n) is 1.30. The molecule has 0 unspecified atom stereocenters. The van der Waals surface area contributed by atoms with Gasteiger partial charge in [0.15, 0.2) is 17.2 Å². The first-order chi connectivity index (χ1) is 9.36. The molecule has 0 aromatic carbocycles. The number of ether oxygens (including phenoxy) is 1. The summed E-state index contributed by atoms with van der Waals surface area (Å²) >= 11 is 1.15. The maximum absolute atomic E-state index is 11.6. The maximum atomic E-state index is 11.6. The summed E-state index contributed by atoms with van der Waals surface area (Å²) in [6.45, 7) is 6.28. The number of carbonyl (C=O) groups excluding carboxylic acids is 2. The van der Waals surface area contributed by atoms with Crippen LogP contribution in [0.5, 0.6) is 0 Å². The SMILES string of the molecule is CCOC(=O)c1nc(N=N/C(C(C)=O)=C(/C)O)sc1C. The number of ketones is 1. The van der Waals surface area contributed by atoms with E-state index in [4.69, 9.17) is 4.74 Å². The van der Waals surface area contributed by atoms with Gasteiger partial charge in [0.25, 0.3) is 0 Å². The lowest BCUT2D eigenvalue weighted by atomic mass is 10.3. The van der Waals surface area contributed by atoms with Gasteiger partial charge in [0.05, 0.1) is 6.61 Å². The second-order valence-electron chi connectivity index (χ2n) is 3.81. The Morgan fingerprint density at radius 3 is 2.55 bits per heavy atom. The van der Waals surface area contributed by atoms with Crippen molar-refractivity contribution >= 4 is 28.2 Å². The van der Waals surface area contributed by atoms with E-state index in [1.54, 1.807) is 13.8 Å². The molecule has 20 heavy (non-hydrogen) atoms. The van der Waals surface area contributed by atoms with E-state index in [2.05, 4.69) is 15.2 Å². The van der Waals surface area contributed by atoms with Crippen molar-refractivity contribution in [1.29, 1.82) is 0 Å². The van der Waals surface area contributed by atoms with Gasteiger partial charge in [0.2, 0.25) is 5.13 Å². The molecule has 1 N–H and O–H groups in total. The number of aromatic nitrogens is 1. The fourth-order valence-corrected chi connectivity index (χ4v) is 2.02. The molecule has 0 bridgehead atoms. The predicted molar refractivity (Wildman–Crippen MR) is 73.3 cm³/mol. The molecular weight excluding hydrogens is 282 g/mol. The van der Waals surface area contributed by atoms with E-state index in [1.165, 1.54) is 13.8 Å². The molecule has 0 fully saturated rings. The number of nitrogens with zero attached hydrogens (tertiary/aromatic N) is 3. The van der Waals surface area contributed by atoms with Crippen molar-refractivity contribution in [1.82, 2.24) is 4.98 Å². The molecule has 0 spiro atoms. The number of aliphatic hydroxyl groups excluding tert-OH is 1. The molecule has 1 rings (SSSR count). The number of thiazole rings is 1. The lowest BCUT2D eigenvalue weighted by Gasteiger charge is -1.97. The Kier molecular flexibility index (Phi) is 5.51. The number of esters is 1. The smallest absolute Gasteiger partial charge is 0.358 e. The minimum Gasteiger partial charge on any atom is -0.510 e. The number of aliphatic hydroxyl groups is 1. The average molecular weight is 297 g/mol. The number of allylic oxidation sites excluding steroid dienone is 2. The van der Waals surface area contributed by atoms with Crippen LogP contribution in [0.15, 0.2) is 21.7 Å². The Labute approximate surface area is 120 Å². The largest absolute Gasteiger partial charge is 0.510 e. The van der Waals surface area contributed by atoms with Crippen molar-refractivity contribution in [3.05, 3.63) is 22.0 Å². The molecule has 1 heterocycles. The Balaban J connectivity index is 3.01. The monoisotopic (exact) mass is 297 g/mol. The van der Waals surface area contributed by atoms with Gasteiger partial charge in [0.1, 0.15) is 5.76 Å². The van der Waals surface area contributed by atoms with Crippen molar-refractivity contribution in [2.45, 2.75) is 27.7 Å². The highest BCUT2D eigenvalue weighted by atomic mass is 32.1. The van der Waals surface area contributed by atoms with E-state index in [0.717, 1.165) is 11.3 Å². The number of aryl methyl sites for hydroxylation is 1. The molecule has 108 valence electrons. The standard InChI is InChI=1S/C12H15N3O4S/c1-5-19-11(18)10-8(4)20-12(13-10)15-14-9(6(2)16)7(3)17/h16H,5H2,1-4H3/b9-6-,15-14?. The third kappa shape index (κ3) is 3.95. The molecule has 7 nitrogen and oxygen atoms in total. The minimum atomic E-state index is -0.525. The zero-order chi connectivity index (χ0) is 15.3. The number of Topliss-reactive ketones (excluding diaryl/α,β-unsaturated/α-hetero) is 1. The van der Waals surface area contributed by atoms with Crippen LogP contribution in [-0.2, 0) is 9.53 Å². The first-order valence-electron chi connectivity index (χ1n) is 5.83. The maximum Gasteiger partial charge on any atom is 0.358 e. The van der Waals surface area contributed by atoms with E-state index in [-0.39, 0.29) is 28.9 Å². The van der Waals surface area contributed by atoms with E-state index < -0.39 is 11.8 Å². The fraction of sp³-hybridized carbons (Fsp3) is 0.417. The summed E-state index contributed by atoms with van der Waals surface area (Å²) < 4.78 is 4.85. The summed E-state index contributed by atoms with van der Waals surface area (Å²) in [6.07, 6.45) is 0. The summed E-state index contributed by atoms with van der Waals surface area (Å²) in [7, 11) is 0. The summed E-state index contributed by atoms with van der Waals surface area (Å²) in [5.41, 5.74) is 0.0374. The van der Waals surface area contributed by atoms with Gasteiger partial charge in [-0.25, -0.2) is 9.78 Å². The summed E-state index contributed by atoms with van der Waals surface area (Å²) in [5, 5.41) is 16.9. The van der Waals surface area contributed by atoms with E-state index in [0.29, 0.717) is 4.88 Å². The topological polar surface area (TPSA) is 101 Å². The van der Waals surface area contributed by atoms with Crippen LogP contribution in [0, 0.1) is 6.92 Å². The van der Waals surface area contributed by atoms with Gasteiger partial charge < -0.3 is 9.84 Å². The first kappa shape index (κ1) is 16.0. The molecule has 0 saturated carbocycles. The van der Waals surface area contributed by atoms with Gasteiger partial charge in [-0.15, -0.1) is 10.2 Å². The number of azo groups is 1. The number of hydrogen-bond donors (Lipinski definition) is 1. The van der Waals surface area contributed by atoms with E-state index >= 15 is 0 Å². The Hall–Kier alpha value is -2.09. The molecule has 1 aromatic rings. The lowest BCUT2D eigenvalue weighted by Crippen LogP contribution is -2.06. The Bertz CT molecular complexity index is 586. The van der Waals surface area contributed by atoms with Crippen LogP contribution in [0.1, 0.15) is 36.1 Å². The number of hydrogen-bond acceptors (Lipinski definition) is 8. The van der Waals surface area contributed by atoms with E-state index in [1.807, 2.05) is 0 Å².